The SMILES string of the molecule is O=C(c1ccc(N2CCC(CC3CCN(C(=O)[C@](O)(c4ccccc4)C(F)(F)F)CC3)CC2)cc1Cl)N1CCC1. The summed E-state index contributed by atoms with van der Waals surface area (Å²) in [6.45, 7) is 3.70. The van der Waals surface area contributed by atoms with Gasteiger partial charge in [-0.25, -0.2) is 0 Å². The highest BCUT2D eigenvalue weighted by molar-refractivity contribution is 6.34. The summed E-state index contributed by atoms with van der Waals surface area (Å²) < 4.78 is 41.8. The van der Waals surface area contributed by atoms with Crippen LogP contribution in [-0.4, -0.2) is 72.2 Å². The second-order valence-electron chi connectivity index (χ2n) is 11.3. The zero-order valence-corrected chi connectivity index (χ0v) is 23.1. The predicted octanol–water partition coefficient (Wildman–Crippen LogP) is 5.48. The van der Waals surface area contributed by atoms with E-state index in [0.29, 0.717) is 35.3 Å². The fourth-order valence-corrected chi connectivity index (χ4v) is 6.41. The summed E-state index contributed by atoms with van der Waals surface area (Å²) in [6.07, 6.45) is 0.115. The summed E-state index contributed by atoms with van der Waals surface area (Å²) in [7, 11) is 0. The fraction of sp³-hybridized carbons (Fsp3) is 0.533. The quantitative estimate of drug-likeness (QED) is 0.494. The van der Waals surface area contributed by atoms with Gasteiger partial charge in [0.1, 0.15) is 0 Å². The average Bonchev–Trinajstić information content (AvgIpc) is 2.92. The third kappa shape index (κ3) is 5.68. The lowest BCUT2D eigenvalue weighted by Gasteiger charge is -2.40. The number of nitrogens with zero attached hydrogens (tertiary/aromatic N) is 3. The van der Waals surface area contributed by atoms with Crippen LogP contribution < -0.4 is 4.90 Å². The number of amides is 2. The molecule has 216 valence electrons. The summed E-state index contributed by atoms with van der Waals surface area (Å²) in [4.78, 5) is 30.8. The minimum absolute atomic E-state index is 0.0163. The first kappa shape index (κ1) is 28.7. The predicted molar refractivity (Wildman–Crippen MR) is 147 cm³/mol. The second kappa shape index (κ2) is 11.6. The number of hydrogen-bond acceptors (Lipinski definition) is 4. The van der Waals surface area contributed by atoms with Gasteiger partial charge in [-0.3, -0.25) is 9.59 Å². The van der Waals surface area contributed by atoms with Crippen LogP contribution in [0.25, 0.3) is 0 Å². The monoisotopic (exact) mass is 577 g/mol. The van der Waals surface area contributed by atoms with Crippen LogP contribution in [0.15, 0.2) is 48.5 Å². The fourth-order valence-electron chi connectivity index (χ4n) is 6.15. The Morgan fingerprint density at radius 3 is 1.98 bits per heavy atom. The number of likely N-dealkylation sites (tertiary alicyclic amines) is 2. The van der Waals surface area contributed by atoms with Crippen molar-refractivity contribution in [2.75, 3.05) is 44.2 Å². The molecule has 0 radical (unpaired) electrons. The number of hydrogen-bond donors (Lipinski definition) is 1. The maximum atomic E-state index is 13.9. The molecule has 3 aliphatic rings. The lowest BCUT2D eigenvalue weighted by Crippen LogP contribution is -2.57. The summed E-state index contributed by atoms with van der Waals surface area (Å²) in [5.41, 5.74) is -2.45. The van der Waals surface area contributed by atoms with Crippen molar-refractivity contribution < 1.29 is 27.9 Å². The molecule has 3 saturated heterocycles. The van der Waals surface area contributed by atoms with Crippen LogP contribution >= 0.6 is 11.6 Å². The smallest absolute Gasteiger partial charge is 0.371 e. The maximum absolute atomic E-state index is 13.9. The molecule has 3 heterocycles. The van der Waals surface area contributed by atoms with Crippen molar-refractivity contribution in [2.24, 2.45) is 11.8 Å². The van der Waals surface area contributed by atoms with Gasteiger partial charge >= 0.3 is 6.18 Å². The molecule has 6 nitrogen and oxygen atoms in total. The number of carbonyl (C=O) groups excluding carboxylic acids is 2. The molecule has 2 amide bonds. The van der Waals surface area contributed by atoms with E-state index >= 15 is 0 Å². The standard InChI is InChI=1S/C30H35ClF3N3O3/c31-26-20-24(7-8-25(26)27(38)36-13-4-14-36)35-15-9-21(10-16-35)19-22-11-17-37(18-12-22)28(39)29(40,30(32,33)34)23-5-2-1-3-6-23/h1-3,5-8,20-22,40H,4,9-19H2/t29-/m1/s1. The number of piperidine rings is 2. The summed E-state index contributed by atoms with van der Waals surface area (Å²) in [5.74, 6) is -0.480. The number of halogens is 4. The number of carbonyl (C=O) groups is 2. The molecule has 0 spiro atoms. The topological polar surface area (TPSA) is 64.1 Å². The van der Waals surface area contributed by atoms with E-state index in [4.69, 9.17) is 11.6 Å². The van der Waals surface area contributed by atoms with Crippen LogP contribution in [0.4, 0.5) is 18.9 Å². The Morgan fingerprint density at radius 1 is 0.850 bits per heavy atom. The van der Waals surface area contributed by atoms with E-state index < -0.39 is 23.2 Å². The first-order chi connectivity index (χ1) is 19.1. The van der Waals surface area contributed by atoms with Gasteiger partial charge in [-0.05, 0) is 68.6 Å². The molecule has 0 aliphatic carbocycles. The molecular formula is C30H35ClF3N3O3. The van der Waals surface area contributed by atoms with Crippen molar-refractivity contribution in [1.82, 2.24) is 9.80 Å². The molecule has 3 fully saturated rings. The van der Waals surface area contributed by atoms with Crippen LogP contribution in [0.5, 0.6) is 0 Å². The minimum Gasteiger partial charge on any atom is -0.371 e. The van der Waals surface area contributed by atoms with E-state index in [-0.39, 0.29) is 19.0 Å². The lowest BCUT2D eigenvalue weighted by molar-refractivity contribution is -0.262. The Kier molecular flexibility index (Phi) is 8.34. The number of benzene rings is 2. The van der Waals surface area contributed by atoms with Crippen molar-refractivity contribution >= 4 is 29.1 Å². The van der Waals surface area contributed by atoms with Crippen LogP contribution in [0.2, 0.25) is 5.02 Å². The zero-order valence-electron chi connectivity index (χ0n) is 22.4. The molecule has 3 aliphatic heterocycles. The molecule has 0 saturated carbocycles. The van der Waals surface area contributed by atoms with Crippen LogP contribution in [-0.2, 0) is 10.4 Å². The van der Waals surface area contributed by atoms with Crippen molar-refractivity contribution in [3.05, 3.63) is 64.7 Å². The zero-order chi connectivity index (χ0) is 28.5. The molecule has 0 aromatic heterocycles. The van der Waals surface area contributed by atoms with Gasteiger partial charge in [0, 0.05) is 50.5 Å². The van der Waals surface area contributed by atoms with E-state index in [1.807, 2.05) is 18.2 Å². The summed E-state index contributed by atoms with van der Waals surface area (Å²) in [6, 6.07) is 12.2. The van der Waals surface area contributed by atoms with Crippen LogP contribution in [0.1, 0.15) is 54.4 Å². The normalized spacial score (nSPS) is 20.7. The Labute approximate surface area is 237 Å². The molecular weight excluding hydrogens is 543 g/mol. The van der Waals surface area contributed by atoms with Gasteiger partial charge in [0.05, 0.1) is 10.6 Å². The molecule has 5 rings (SSSR count). The van der Waals surface area contributed by atoms with E-state index in [1.165, 1.54) is 17.0 Å². The largest absolute Gasteiger partial charge is 0.430 e. The second-order valence-corrected chi connectivity index (χ2v) is 11.7. The van der Waals surface area contributed by atoms with Gasteiger partial charge < -0.3 is 19.8 Å². The van der Waals surface area contributed by atoms with Crippen molar-refractivity contribution in [1.29, 1.82) is 0 Å². The lowest BCUT2D eigenvalue weighted by atomic mass is 9.82. The highest BCUT2D eigenvalue weighted by Crippen LogP contribution is 2.41. The van der Waals surface area contributed by atoms with Crippen LogP contribution in [0.3, 0.4) is 0 Å². The van der Waals surface area contributed by atoms with Crippen molar-refractivity contribution in [2.45, 2.75) is 50.3 Å². The number of alkyl halides is 3. The number of aliphatic hydroxyl groups is 1. The molecule has 10 heteroatoms. The molecule has 2 aromatic rings. The van der Waals surface area contributed by atoms with E-state index in [9.17, 15) is 27.9 Å². The average molecular weight is 578 g/mol. The van der Waals surface area contributed by atoms with E-state index in [2.05, 4.69) is 4.90 Å². The molecule has 40 heavy (non-hydrogen) atoms. The molecule has 1 atom stereocenters. The third-order valence-corrected chi connectivity index (χ3v) is 9.10. The highest BCUT2D eigenvalue weighted by atomic mass is 35.5. The van der Waals surface area contributed by atoms with E-state index in [0.717, 1.165) is 69.7 Å². The number of rotatable bonds is 6. The first-order valence-corrected chi connectivity index (χ1v) is 14.4. The Morgan fingerprint density at radius 2 is 1.45 bits per heavy atom. The summed E-state index contributed by atoms with van der Waals surface area (Å²) >= 11 is 6.47. The van der Waals surface area contributed by atoms with Crippen LogP contribution in [0, 0.1) is 11.8 Å². The van der Waals surface area contributed by atoms with Crippen molar-refractivity contribution in [3.63, 3.8) is 0 Å². The number of anilines is 1. The molecule has 2 aromatic carbocycles. The van der Waals surface area contributed by atoms with Gasteiger partial charge in [-0.2, -0.15) is 13.2 Å². The van der Waals surface area contributed by atoms with Gasteiger partial charge in [0.2, 0.25) is 0 Å². The van der Waals surface area contributed by atoms with Crippen molar-refractivity contribution in [3.8, 4) is 0 Å². The summed E-state index contributed by atoms with van der Waals surface area (Å²) in [5, 5.41) is 11.1. The molecule has 0 bridgehead atoms. The minimum atomic E-state index is -5.12. The molecule has 1 N–H and O–H groups in total. The Balaban J connectivity index is 1.12. The molecule has 0 unspecified atom stereocenters. The van der Waals surface area contributed by atoms with Gasteiger partial charge in [-0.15, -0.1) is 0 Å². The van der Waals surface area contributed by atoms with Gasteiger partial charge in [0.15, 0.2) is 0 Å². The third-order valence-electron chi connectivity index (χ3n) is 8.79. The first-order valence-electron chi connectivity index (χ1n) is 14.1. The highest BCUT2D eigenvalue weighted by Gasteiger charge is 2.62. The maximum Gasteiger partial charge on any atom is 0.430 e. The van der Waals surface area contributed by atoms with Gasteiger partial charge in [0.25, 0.3) is 17.4 Å². The Bertz CT molecular complexity index is 1210. The van der Waals surface area contributed by atoms with Gasteiger partial charge in [-0.1, -0.05) is 41.9 Å². The van der Waals surface area contributed by atoms with E-state index in [1.54, 1.807) is 11.0 Å². The Hall–Kier alpha value is -2.78.